The molecule has 0 spiro atoms. The fraction of sp³-hybridized carbons (Fsp3) is 1.00. The van der Waals surface area contributed by atoms with Gasteiger partial charge in [0.15, 0.2) is 0 Å². The van der Waals surface area contributed by atoms with Crippen LogP contribution in [-0.4, -0.2) is 43.3 Å². The van der Waals surface area contributed by atoms with Crippen molar-refractivity contribution in [3.63, 3.8) is 0 Å². The van der Waals surface area contributed by atoms with Gasteiger partial charge in [-0.05, 0) is 46.7 Å². The summed E-state index contributed by atoms with van der Waals surface area (Å²) in [5.74, 6) is 0. The first-order chi connectivity index (χ1) is 7.80. The summed E-state index contributed by atoms with van der Waals surface area (Å²) < 4.78 is 37.0. The van der Waals surface area contributed by atoms with Crippen molar-refractivity contribution in [1.29, 1.82) is 0 Å². The molecule has 0 aliphatic carbocycles. The Morgan fingerprint density at radius 1 is 1.24 bits per heavy atom. The standard InChI is InChI=1S/C12H25F3N2/c1-5-11(16-4)7-6-8-17(10(2)3)9-12(13,14)15/h10-11,16H,5-9H2,1-4H3. The van der Waals surface area contributed by atoms with Crippen molar-refractivity contribution < 1.29 is 13.2 Å². The molecule has 104 valence electrons. The number of hydrogen-bond donors (Lipinski definition) is 1. The highest BCUT2D eigenvalue weighted by atomic mass is 19.4. The SMILES string of the molecule is CCC(CCCN(CC(F)(F)F)C(C)C)NC. The van der Waals surface area contributed by atoms with Crippen molar-refractivity contribution in [1.82, 2.24) is 10.2 Å². The lowest BCUT2D eigenvalue weighted by Gasteiger charge is -2.28. The minimum atomic E-state index is -4.10. The third kappa shape index (κ3) is 8.44. The molecule has 0 aliphatic rings. The fourth-order valence-corrected chi connectivity index (χ4v) is 1.84. The average molecular weight is 254 g/mol. The van der Waals surface area contributed by atoms with E-state index in [0.717, 1.165) is 19.3 Å². The van der Waals surface area contributed by atoms with Crippen LogP contribution in [0.5, 0.6) is 0 Å². The zero-order valence-electron chi connectivity index (χ0n) is 11.3. The number of hydrogen-bond acceptors (Lipinski definition) is 2. The van der Waals surface area contributed by atoms with E-state index in [1.165, 1.54) is 4.90 Å². The van der Waals surface area contributed by atoms with Crippen LogP contribution in [0.2, 0.25) is 0 Å². The van der Waals surface area contributed by atoms with Gasteiger partial charge in [0.05, 0.1) is 6.54 Å². The molecule has 0 fully saturated rings. The number of alkyl halides is 3. The van der Waals surface area contributed by atoms with Crippen LogP contribution in [0.1, 0.15) is 40.0 Å². The Bertz CT molecular complexity index is 189. The van der Waals surface area contributed by atoms with Crippen LogP contribution >= 0.6 is 0 Å². The second-order valence-corrected chi connectivity index (χ2v) is 4.72. The molecule has 0 bridgehead atoms. The summed E-state index contributed by atoms with van der Waals surface area (Å²) in [6, 6.07) is 0.348. The molecule has 0 aromatic rings. The molecule has 0 heterocycles. The summed E-state index contributed by atoms with van der Waals surface area (Å²) in [5.41, 5.74) is 0. The Morgan fingerprint density at radius 2 is 1.82 bits per heavy atom. The highest BCUT2D eigenvalue weighted by Gasteiger charge is 2.31. The van der Waals surface area contributed by atoms with Crippen LogP contribution in [-0.2, 0) is 0 Å². The maximum atomic E-state index is 12.3. The number of nitrogens with one attached hydrogen (secondary N) is 1. The maximum absolute atomic E-state index is 12.3. The molecule has 0 radical (unpaired) electrons. The number of nitrogens with zero attached hydrogens (tertiary/aromatic N) is 1. The van der Waals surface area contributed by atoms with E-state index >= 15 is 0 Å². The van der Waals surface area contributed by atoms with E-state index in [-0.39, 0.29) is 6.04 Å². The van der Waals surface area contributed by atoms with E-state index in [0.29, 0.717) is 12.6 Å². The first kappa shape index (κ1) is 16.7. The van der Waals surface area contributed by atoms with E-state index in [2.05, 4.69) is 12.2 Å². The Kier molecular flexibility index (Phi) is 7.79. The second kappa shape index (κ2) is 7.93. The molecule has 5 heteroatoms. The van der Waals surface area contributed by atoms with Crippen LogP contribution in [0.3, 0.4) is 0 Å². The predicted octanol–water partition coefficient (Wildman–Crippen LogP) is 3.04. The minimum Gasteiger partial charge on any atom is -0.317 e. The summed E-state index contributed by atoms with van der Waals surface area (Å²) in [7, 11) is 1.89. The molecule has 0 aromatic heterocycles. The average Bonchev–Trinajstić information content (AvgIpc) is 2.21. The molecule has 0 aromatic carbocycles. The number of rotatable bonds is 8. The zero-order valence-corrected chi connectivity index (χ0v) is 11.3. The zero-order chi connectivity index (χ0) is 13.5. The minimum absolute atomic E-state index is 0.0636. The summed E-state index contributed by atoms with van der Waals surface area (Å²) in [6.45, 7) is 5.40. The van der Waals surface area contributed by atoms with Gasteiger partial charge in [0.2, 0.25) is 0 Å². The Hall–Kier alpha value is -0.290. The second-order valence-electron chi connectivity index (χ2n) is 4.72. The molecule has 2 nitrogen and oxygen atoms in total. The quantitative estimate of drug-likeness (QED) is 0.716. The summed E-state index contributed by atoms with van der Waals surface area (Å²) >= 11 is 0. The molecule has 1 unspecified atom stereocenters. The summed E-state index contributed by atoms with van der Waals surface area (Å²) in [4.78, 5) is 1.49. The van der Waals surface area contributed by atoms with Crippen LogP contribution in [0.25, 0.3) is 0 Å². The number of halogens is 3. The normalized spacial score (nSPS) is 14.6. The van der Waals surface area contributed by atoms with Crippen molar-refractivity contribution in [3.05, 3.63) is 0 Å². The molecule has 17 heavy (non-hydrogen) atoms. The van der Waals surface area contributed by atoms with Gasteiger partial charge in [-0.25, -0.2) is 0 Å². The highest BCUT2D eigenvalue weighted by molar-refractivity contribution is 4.69. The van der Waals surface area contributed by atoms with Crippen molar-refractivity contribution in [2.75, 3.05) is 20.1 Å². The predicted molar refractivity (Wildman–Crippen MR) is 65.1 cm³/mol. The summed E-state index contributed by atoms with van der Waals surface area (Å²) in [5, 5.41) is 3.16. The van der Waals surface area contributed by atoms with Gasteiger partial charge in [0.1, 0.15) is 0 Å². The van der Waals surface area contributed by atoms with Gasteiger partial charge in [-0.2, -0.15) is 13.2 Å². The lowest BCUT2D eigenvalue weighted by molar-refractivity contribution is -0.149. The molecule has 1 N–H and O–H groups in total. The molecular weight excluding hydrogens is 229 g/mol. The van der Waals surface area contributed by atoms with Gasteiger partial charge >= 0.3 is 6.18 Å². The van der Waals surface area contributed by atoms with Gasteiger partial charge in [-0.15, -0.1) is 0 Å². The van der Waals surface area contributed by atoms with E-state index in [4.69, 9.17) is 0 Å². The van der Waals surface area contributed by atoms with Gasteiger partial charge in [-0.3, -0.25) is 4.90 Å². The van der Waals surface area contributed by atoms with Gasteiger partial charge in [0, 0.05) is 12.1 Å². The van der Waals surface area contributed by atoms with Crippen molar-refractivity contribution >= 4 is 0 Å². The van der Waals surface area contributed by atoms with E-state index < -0.39 is 12.7 Å². The molecule has 1 atom stereocenters. The fourth-order valence-electron chi connectivity index (χ4n) is 1.84. The van der Waals surface area contributed by atoms with E-state index in [1.54, 1.807) is 13.8 Å². The van der Waals surface area contributed by atoms with Crippen LogP contribution in [0.15, 0.2) is 0 Å². The van der Waals surface area contributed by atoms with Gasteiger partial charge in [0.25, 0.3) is 0 Å². The Morgan fingerprint density at radius 3 is 2.18 bits per heavy atom. The van der Waals surface area contributed by atoms with Gasteiger partial charge in [-0.1, -0.05) is 6.92 Å². The molecule has 0 saturated heterocycles. The Labute approximate surface area is 103 Å². The topological polar surface area (TPSA) is 15.3 Å². The van der Waals surface area contributed by atoms with E-state index in [9.17, 15) is 13.2 Å². The lowest BCUT2D eigenvalue weighted by Crippen LogP contribution is -2.40. The maximum Gasteiger partial charge on any atom is 0.401 e. The van der Waals surface area contributed by atoms with Crippen LogP contribution < -0.4 is 5.32 Å². The van der Waals surface area contributed by atoms with Crippen molar-refractivity contribution in [2.24, 2.45) is 0 Å². The van der Waals surface area contributed by atoms with Crippen LogP contribution in [0, 0.1) is 0 Å². The molecule has 0 aliphatic heterocycles. The monoisotopic (exact) mass is 254 g/mol. The Balaban J connectivity index is 4.02. The molecular formula is C12H25F3N2. The third-order valence-electron chi connectivity index (χ3n) is 3.01. The summed E-state index contributed by atoms with van der Waals surface area (Å²) in [6.07, 6.45) is -1.36. The first-order valence-corrected chi connectivity index (χ1v) is 6.28. The lowest BCUT2D eigenvalue weighted by atomic mass is 10.1. The molecule has 0 rings (SSSR count). The van der Waals surface area contributed by atoms with Crippen molar-refractivity contribution in [2.45, 2.75) is 58.3 Å². The van der Waals surface area contributed by atoms with Gasteiger partial charge < -0.3 is 5.32 Å². The smallest absolute Gasteiger partial charge is 0.317 e. The highest BCUT2D eigenvalue weighted by Crippen LogP contribution is 2.18. The van der Waals surface area contributed by atoms with Crippen LogP contribution in [0.4, 0.5) is 13.2 Å². The molecule has 0 amide bonds. The van der Waals surface area contributed by atoms with Crippen molar-refractivity contribution in [3.8, 4) is 0 Å². The first-order valence-electron chi connectivity index (χ1n) is 6.28. The third-order valence-corrected chi connectivity index (χ3v) is 3.01. The molecule has 0 saturated carbocycles. The largest absolute Gasteiger partial charge is 0.401 e. The van der Waals surface area contributed by atoms with E-state index in [1.807, 2.05) is 7.05 Å².